The minimum Gasteiger partial charge on any atom is -0.352 e. The summed E-state index contributed by atoms with van der Waals surface area (Å²) in [4.78, 5) is 36.5. The van der Waals surface area contributed by atoms with Gasteiger partial charge in [-0.3, -0.25) is 19.3 Å². The number of nitrogens with zero attached hydrogens (tertiary/aromatic N) is 1. The van der Waals surface area contributed by atoms with Crippen molar-refractivity contribution in [3.63, 3.8) is 0 Å². The summed E-state index contributed by atoms with van der Waals surface area (Å²) in [6.45, 7) is 3.00. The Balaban J connectivity index is 1.96. The molecule has 1 heterocycles. The molecule has 5 nitrogen and oxygen atoms in total. The van der Waals surface area contributed by atoms with Gasteiger partial charge < -0.3 is 5.32 Å². The second kappa shape index (κ2) is 7.98. The molecule has 0 aliphatic carbocycles. The predicted molar refractivity (Wildman–Crippen MR) is 86.7 cm³/mol. The van der Waals surface area contributed by atoms with E-state index in [4.69, 9.17) is 0 Å². The van der Waals surface area contributed by atoms with Crippen molar-refractivity contribution >= 4 is 28.8 Å². The molecule has 6 heteroatoms. The first-order valence-corrected chi connectivity index (χ1v) is 8.44. The average Bonchev–Trinajstić information content (AvgIpc) is 2.83. The molecule has 0 spiro atoms. The maximum atomic E-state index is 12.1. The van der Waals surface area contributed by atoms with Crippen molar-refractivity contribution in [2.75, 3.05) is 12.3 Å². The number of carbonyl (C=O) groups is 3. The molecule has 1 aromatic carbocycles. The van der Waals surface area contributed by atoms with Crippen LogP contribution in [0.15, 0.2) is 24.3 Å². The van der Waals surface area contributed by atoms with Crippen LogP contribution >= 0.6 is 11.8 Å². The number of rotatable bonds is 7. The van der Waals surface area contributed by atoms with Crippen LogP contribution in [0, 0.1) is 0 Å². The van der Waals surface area contributed by atoms with Crippen molar-refractivity contribution in [2.45, 2.75) is 32.7 Å². The zero-order chi connectivity index (χ0) is 15.9. The third-order valence-corrected chi connectivity index (χ3v) is 4.29. The topological polar surface area (TPSA) is 66.5 Å². The van der Waals surface area contributed by atoms with Crippen molar-refractivity contribution in [3.05, 3.63) is 35.4 Å². The first-order valence-electron chi connectivity index (χ1n) is 7.46. The molecule has 0 saturated carbocycles. The Labute approximate surface area is 134 Å². The Bertz CT molecular complexity index is 558. The van der Waals surface area contributed by atoms with Gasteiger partial charge in [-0.15, -0.1) is 0 Å². The lowest BCUT2D eigenvalue weighted by molar-refractivity contribution is -0.125. The van der Waals surface area contributed by atoms with Gasteiger partial charge in [-0.1, -0.05) is 43.7 Å². The van der Waals surface area contributed by atoms with Crippen molar-refractivity contribution in [3.8, 4) is 0 Å². The van der Waals surface area contributed by atoms with E-state index >= 15 is 0 Å². The standard InChI is InChI=1S/C16H20N2O3S/c1-2-3-4-8-17-15(20)13-7-5-6-12(9-13)10-18-14(19)11-22-16(18)21/h5-7,9H,2-4,8,10-11H2,1H3,(H,17,20). The smallest absolute Gasteiger partial charge is 0.289 e. The van der Waals surface area contributed by atoms with Gasteiger partial charge in [0, 0.05) is 12.1 Å². The fourth-order valence-corrected chi connectivity index (χ4v) is 2.93. The lowest BCUT2D eigenvalue weighted by atomic mass is 10.1. The third kappa shape index (κ3) is 4.34. The highest BCUT2D eigenvalue weighted by Crippen LogP contribution is 2.21. The number of thioether (sulfide) groups is 1. The Hall–Kier alpha value is -1.82. The van der Waals surface area contributed by atoms with E-state index in [0.717, 1.165) is 36.6 Å². The molecule has 1 aromatic rings. The minimum absolute atomic E-state index is 0.119. The summed E-state index contributed by atoms with van der Waals surface area (Å²) < 4.78 is 0. The molecule has 0 atom stereocenters. The highest BCUT2D eigenvalue weighted by molar-refractivity contribution is 8.14. The van der Waals surface area contributed by atoms with Gasteiger partial charge in [0.1, 0.15) is 0 Å². The summed E-state index contributed by atoms with van der Waals surface area (Å²) in [6, 6.07) is 7.06. The Morgan fingerprint density at radius 2 is 2.14 bits per heavy atom. The van der Waals surface area contributed by atoms with Crippen LogP contribution in [0.1, 0.15) is 42.1 Å². The van der Waals surface area contributed by atoms with E-state index in [0.29, 0.717) is 12.1 Å². The Morgan fingerprint density at radius 1 is 1.32 bits per heavy atom. The van der Waals surface area contributed by atoms with Crippen LogP contribution in [0.2, 0.25) is 0 Å². The van der Waals surface area contributed by atoms with Gasteiger partial charge in [0.25, 0.3) is 11.1 Å². The number of benzene rings is 1. The van der Waals surface area contributed by atoms with E-state index in [9.17, 15) is 14.4 Å². The fraction of sp³-hybridized carbons (Fsp3) is 0.438. The van der Waals surface area contributed by atoms with Gasteiger partial charge in [0.2, 0.25) is 5.91 Å². The molecule has 0 aromatic heterocycles. The molecule has 0 bridgehead atoms. The lowest BCUT2D eigenvalue weighted by Crippen LogP contribution is -2.28. The molecule has 3 amide bonds. The van der Waals surface area contributed by atoms with E-state index < -0.39 is 0 Å². The quantitative estimate of drug-likeness (QED) is 0.785. The summed E-state index contributed by atoms with van der Waals surface area (Å²) >= 11 is 1.02. The second-order valence-electron chi connectivity index (χ2n) is 5.20. The molecule has 1 aliphatic rings. The van der Waals surface area contributed by atoms with Crippen LogP contribution in [0.5, 0.6) is 0 Å². The number of unbranched alkanes of at least 4 members (excludes halogenated alkanes) is 2. The molecule has 1 saturated heterocycles. The minimum atomic E-state index is -0.223. The van der Waals surface area contributed by atoms with Crippen molar-refractivity contribution in [1.29, 1.82) is 0 Å². The number of imide groups is 1. The molecule has 1 N–H and O–H groups in total. The second-order valence-corrected chi connectivity index (χ2v) is 6.12. The number of amides is 3. The van der Waals surface area contributed by atoms with Crippen molar-refractivity contribution in [2.24, 2.45) is 0 Å². The van der Waals surface area contributed by atoms with Crippen LogP contribution in [0.25, 0.3) is 0 Å². The van der Waals surface area contributed by atoms with Crippen molar-refractivity contribution in [1.82, 2.24) is 10.2 Å². The van der Waals surface area contributed by atoms with Crippen LogP contribution in [0.4, 0.5) is 4.79 Å². The van der Waals surface area contributed by atoms with E-state index in [2.05, 4.69) is 12.2 Å². The molecule has 2 rings (SSSR count). The zero-order valence-electron chi connectivity index (χ0n) is 12.6. The number of hydrogen-bond donors (Lipinski definition) is 1. The highest BCUT2D eigenvalue weighted by Gasteiger charge is 2.29. The molecule has 22 heavy (non-hydrogen) atoms. The van der Waals surface area contributed by atoms with Gasteiger partial charge >= 0.3 is 0 Å². The van der Waals surface area contributed by atoms with E-state index in [-0.39, 0.29) is 29.4 Å². The van der Waals surface area contributed by atoms with Crippen molar-refractivity contribution < 1.29 is 14.4 Å². The SMILES string of the molecule is CCCCCNC(=O)c1cccc(CN2C(=O)CSC2=O)c1. The van der Waals surface area contributed by atoms with Crippen LogP contribution in [-0.4, -0.2) is 34.3 Å². The molecule has 1 fully saturated rings. The molecule has 0 unspecified atom stereocenters. The van der Waals surface area contributed by atoms with Crippen LogP contribution in [-0.2, 0) is 11.3 Å². The monoisotopic (exact) mass is 320 g/mol. The maximum absolute atomic E-state index is 12.1. The summed E-state index contributed by atoms with van der Waals surface area (Å²) in [5.41, 5.74) is 1.34. The first kappa shape index (κ1) is 16.5. The van der Waals surface area contributed by atoms with Gasteiger partial charge in [0.15, 0.2) is 0 Å². The van der Waals surface area contributed by atoms with E-state index in [1.54, 1.807) is 18.2 Å². The number of carbonyl (C=O) groups excluding carboxylic acids is 3. The largest absolute Gasteiger partial charge is 0.352 e. The molecular formula is C16H20N2O3S. The van der Waals surface area contributed by atoms with Crippen LogP contribution < -0.4 is 5.32 Å². The highest BCUT2D eigenvalue weighted by atomic mass is 32.2. The number of nitrogens with one attached hydrogen (secondary N) is 1. The van der Waals surface area contributed by atoms with E-state index in [1.165, 1.54) is 4.90 Å². The van der Waals surface area contributed by atoms with Crippen LogP contribution in [0.3, 0.4) is 0 Å². The molecule has 1 aliphatic heterocycles. The van der Waals surface area contributed by atoms with Gasteiger partial charge in [-0.05, 0) is 24.1 Å². The maximum Gasteiger partial charge on any atom is 0.289 e. The summed E-state index contributed by atoms with van der Waals surface area (Å²) in [5.74, 6) is -0.0907. The third-order valence-electron chi connectivity index (χ3n) is 3.44. The Morgan fingerprint density at radius 3 is 2.82 bits per heavy atom. The lowest BCUT2D eigenvalue weighted by Gasteiger charge is -2.13. The van der Waals surface area contributed by atoms with Gasteiger partial charge in [-0.2, -0.15) is 0 Å². The van der Waals surface area contributed by atoms with Gasteiger partial charge in [0.05, 0.1) is 12.3 Å². The fourth-order valence-electron chi connectivity index (χ4n) is 2.21. The van der Waals surface area contributed by atoms with E-state index in [1.807, 2.05) is 6.07 Å². The van der Waals surface area contributed by atoms with Gasteiger partial charge in [-0.25, -0.2) is 0 Å². The normalized spacial score (nSPS) is 14.5. The average molecular weight is 320 g/mol. The molecular weight excluding hydrogens is 300 g/mol. The zero-order valence-corrected chi connectivity index (χ0v) is 13.4. The summed E-state index contributed by atoms with van der Waals surface area (Å²) in [7, 11) is 0. The summed E-state index contributed by atoms with van der Waals surface area (Å²) in [6.07, 6.45) is 3.17. The summed E-state index contributed by atoms with van der Waals surface area (Å²) in [5, 5.41) is 2.66. The Kier molecular flexibility index (Phi) is 6.00. The molecule has 0 radical (unpaired) electrons. The number of hydrogen-bond acceptors (Lipinski definition) is 4. The predicted octanol–water partition coefficient (Wildman–Crippen LogP) is 2.80. The first-order chi connectivity index (χ1) is 10.6. The molecule has 118 valence electrons.